The van der Waals surface area contributed by atoms with Gasteiger partial charge in [0.05, 0.1) is 5.75 Å². The molecule has 2 aromatic rings. The fourth-order valence-electron chi connectivity index (χ4n) is 2.68. The van der Waals surface area contributed by atoms with E-state index in [4.69, 9.17) is 0 Å². The second kappa shape index (κ2) is 9.37. The van der Waals surface area contributed by atoms with Crippen LogP contribution in [0.1, 0.15) is 23.1 Å². The highest BCUT2D eigenvalue weighted by Crippen LogP contribution is 2.05. The first-order chi connectivity index (χ1) is 11.9. The van der Waals surface area contributed by atoms with Gasteiger partial charge in [0.15, 0.2) is 9.84 Å². The van der Waals surface area contributed by atoms with Gasteiger partial charge in [-0.15, -0.1) is 0 Å². The van der Waals surface area contributed by atoms with Crippen LogP contribution in [0.15, 0.2) is 54.6 Å². The van der Waals surface area contributed by atoms with Crippen molar-refractivity contribution in [3.8, 4) is 0 Å². The highest BCUT2D eigenvalue weighted by molar-refractivity contribution is 7.92. The molecule has 25 heavy (non-hydrogen) atoms. The monoisotopic (exact) mass is 359 g/mol. The molecule has 0 unspecified atom stereocenters. The summed E-state index contributed by atoms with van der Waals surface area (Å²) in [6, 6.07) is 17.8. The van der Waals surface area contributed by atoms with Crippen LogP contribution in [0.5, 0.6) is 0 Å². The van der Waals surface area contributed by atoms with Gasteiger partial charge in [0.2, 0.25) is 5.91 Å². The van der Waals surface area contributed by atoms with Crippen molar-refractivity contribution in [2.45, 2.75) is 26.2 Å². The van der Waals surface area contributed by atoms with Gasteiger partial charge in [-0.25, -0.2) is 8.42 Å². The van der Waals surface area contributed by atoms with Crippen LogP contribution in [-0.4, -0.2) is 32.4 Å². The van der Waals surface area contributed by atoms with Crippen LogP contribution in [0, 0.1) is 6.92 Å². The number of benzene rings is 2. The molecule has 134 valence electrons. The van der Waals surface area contributed by atoms with Crippen LogP contribution < -0.4 is 5.32 Å². The normalized spacial score (nSPS) is 11.2. The van der Waals surface area contributed by atoms with Crippen molar-refractivity contribution in [3.63, 3.8) is 0 Å². The molecule has 0 atom stereocenters. The first-order valence-electron chi connectivity index (χ1n) is 8.51. The molecular formula is C20H25NO3S. The molecule has 0 saturated carbocycles. The Morgan fingerprint density at radius 1 is 0.960 bits per heavy atom. The minimum atomic E-state index is -3.36. The van der Waals surface area contributed by atoms with E-state index in [9.17, 15) is 13.2 Å². The number of hydrogen-bond acceptors (Lipinski definition) is 3. The Balaban J connectivity index is 1.69. The molecule has 1 N–H and O–H groups in total. The molecule has 0 aromatic heterocycles. The topological polar surface area (TPSA) is 63.2 Å². The zero-order chi connectivity index (χ0) is 18.1. The van der Waals surface area contributed by atoms with Crippen molar-refractivity contribution in [3.05, 3.63) is 71.3 Å². The van der Waals surface area contributed by atoms with Crippen molar-refractivity contribution >= 4 is 15.7 Å². The largest absolute Gasteiger partial charge is 0.355 e. The fourth-order valence-corrected chi connectivity index (χ4v) is 3.91. The molecule has 5 heteroatoms. The molecule has 0 bridgehead atoms. The zero-order valence-electron chi connectivity index (χ0n) is 14.6. The van der Waals surface area contributed by atoms with E-state index in [0.717, 1.165) is 11.1 Å². The van der Waals surface area contributed by atoms with Crippen molar-refractivity contribution in [1.82, 2.24) is 5.32 Å². The second-order valence-corrected chi connectivity index (χ2v) is 8.45. The van der Waals surface area contributed by atoms with Crippen LogP contribution in [0.4, 0.5) is 0 Å². The van der Waals surface area contributed by atoms with Crippen molar-refractivity contribution in [2.24, 2.45) is 0 Å². The summed E-state index contributed by atoms with van der Waals surface area (Å²) in [6.07, 6.45) is 1.93. The van der Waals surface area contributed by atoms with Gasteiger partial charge < -0.3 is 5.32 Å². The van der Waals surface area contributed by atoms with E-state index in [1.807, 2.05) is 55.5 Å². The number of hydrogen-bond donors (Lipinski definition) is 1. The molecule has 2 rings (SSSR count). The van der Waals surface area contributed by atoms with Gasteiger partial charge in [-0.3, -0.25) is 4.79 Å². The average molecular weight is 359 g/mol. The molecule has 0 fully saturated rings. The van der Waals surface area contributed by atoms with Gasteiger partial charge >= 0.3 is 0 Å². The minimum absolute atomic E-state index is 0.0349. The first kappa shape index (κ1) is 19.2. The quantitative estimate of drug-likeness (QED) is 0.749. The summed E-state index contributed by atoms with van der Waals surface area (Å²) in [5.41, 5.74) is 3.41. The van der Waals surface area contributed by atoms with Gasteiger partial charge in [-0.1, -0.05) is 60.2 Å². The molecule has 0 spiro atoms. The predicted octanol–water partition coefficient (Wildman–Crippen LogP) is 2.70. The van der Waals surface area contributed by atoms with E-state index in [2.05, 4.69) is 11.4 Å². The highest BCUT2D eigenvalue weighted by Gasteiger charge is 2.16. The fraction of sp³-hybridized carbons (Fsp3) is 0.350. The Morgan fingerprint density at radius 3 is 2.40 bits per heavy atom. The van der Waals surface area contributed by atoms with Crippen LogP contribution in [0.2, 0.25) is 0 Å². The van der Waals surface area contributed by atoms with E-state index >= 15 is 0 Å². The smallest absolute Gasteiger partial charge is 0.235 e. The number of sulfone groups is 1. The van der Waals surface area contributed by atoms with Gasteiger partial charge in [-0.05, 0) is 37.3 Å². The molecule has 1 amide bonds. The lowest BCUT2D eigenvalue weighted by Crippen LogP contribution is -2.32. The SMILES string of the molecule is Cc1cccc(CCNC(=O)CS(=O)(=O)CCCc2ccccc2)c1. The Hall–Kier alpha value is -2.14. The number of nitrogens with one attached hydrogen (secondary N) is 1. The summed E-state index contributed by atoms with van der Waals surface area (Å²) in [7, 11) is -3.36. The average Bonchev–Trinajstić information content (AvgIpc) is 2.55. The standard InChI is InChI=1S/C20H25NO3S/c1-17-7-5-10-19(15-17)12-13-21-20(22)16-25(23,24)14-6-11-18-8-3-2-4-9-18/h2-5,7-10,15H,6,11-14,16H2,1H3,(H,21,22). The van der Waals surface area contributed by atoms with Crippen LogP contribution in [0.3, 0.4) is 0 Å². The summed E-state index contributed by atoms with van der Waals surface area (Å²) >= 11 is 0. The third-order valence-electron chi connectivity index (χ3n) is 3.93. The lowest BCUT2D eigenvalue weighted by Gasteiger charge is -2.07. The molecule has 2 aromatic carbocycles. The van der Waals surface area contributed by atoms with E-state index in [1.54, 1.807) is 0 Å². The Kier molecular flexibility index (Phi) is 7.19. The number of carbonyl (C=O) groups is 1. The van der Waals surface area contributed by atoms with Gasteiger partial charge in [0.1, 0.15) is 5.75 Å². The third-order valence-corrected chi connectivity index (χ3v) is 5.55. The Morgan fingerprint density at radius 2 is 1.68 bits per heavy atom. The van der Waals surface area contributed by atoms with Gasteiger partial charge in [0.25, 0.3) is 0 Å². The number of amides is 1. The Labute approximate surface area is 150 Å². The molecular weight excluding hydrogens is 334 g/mol. The highest BCUT2D eigenvalue weighted by atomic mass is 32.2. The lowest BCUT2D eigenvalue weighted by atomic mass is 10.1. The zero-order valence-corrected chi connectivity index (χ0v) is 15.4. The van der Waals surface area contributed by atoms with Crippen LogP contribution in [-0.2, 0) is 27.5 Å². The van der Waals surface area contributed by atoms with E-state index in [1.165, 1.54) is 5.56 Å². The maximum atomic E-state index is 12.0. The lowest BCUT2D eigenvalue weighted by molar-refractivity contribution is -0.118. The molecule has 0 aliphatic carbocycles. The molecule has 0 radical (unpaired) electrons. The van der Waals surface area contributed by atoms with E-state index in [-0.39, 0.29) is 5.75 Å². The summed E-state index contributed by atoms with van der Waals surface area (Å²) in [5.74, 6) is -0.824. The summed E-state index contributed by atoms with van der Waals surface area (Å²) in [6.45, 7) is 2.46. The molecule has 0 aliphatic rings. The third kappa shape index (κ3) is 7.52. The number of aryl methyl sites for hydroxylation is 2. The van der Waals surface area contributed by atoms with Gasteiger partial charge in [0, 0.05) is 6.54 Å². The van der Waals surface area contributed by atoms with Gasteiger partial charge in [-0.2, -0.15) is 0 Å². The van der Waals surface area contributed by atoms with E-state index in [0.29, 0.717) is 25.8 Å². The Bertz CT molecular complexity index is 786. The van der Waals surface area contributed by atoms with Crippen LogP contribution >= 0.6 is 0 Å². The predicted molar refractivity (Wildman–Crippen MR) is 101 cm³/mol. The maximum absolute atomic E-state index is 12.0. The van der Waals surface area contributed by atoms with Crippen molar-refractivity contribution < 1.29 is 13.2 Å². The minimum Gasteiger partial charge on any atom is -0.355 e. The number of carbonyl (C=O) groups excluding carboxylic acids is 1. The number of rotatable bonds is 9. The maximum Gasteiger partial charge on any atom is 0.235 e. The molecule has 0 aliphatic heterocycles. The molecule has 0 heterocycles. The molecule has 4 nitrogen and oxygen atoms in total. The van der Waals surface area contributed by atoms with Crippen molar-refractivity contribution in [2.75, 3.05) is 18.1 Å². The summed E-state index contributed by atoms with van der Waals surface area (Å²) < 4.78 is 24.1. The first-order valence-corrected chi connectivity index (χ1v) is 10.3. The summed E-state index contributed by atoms with van der Waals surface area (Å²) in [5, 5.41) is 2.70. The van der Waals surface area contributed by atoms with E-state index < -0.39 is 21.5 Å². The summed E-state index contributed by atoms with van der Waals surface area (Å²) in [4.78, 5) is 11.9. The van der Waals surface area contributed by atoms with Crippen LogP contribution in [0.25, 0.3) is 0 Å². The second-order valence-electron chi connectivity index (χ2n) is 6.27. The molecule has 0 saturated heterocycles. The van der Waals surface area contributed by atoms with Crippen molar-refractivity contribution in [1.29, 1.82) is 0 Å².